The molecule has 1 N–H and O–H groups in total. The van der Waals surface area contributed by atoms with Gasteiger partial charge in [-0.05, 0) is 35.9 Å². The Morgan fingerprint density at radius 2 is 1.78 bits per heavy atom. The van der Waals surface area contributed by atoms with Crippen molar-refractivity contribution in [2.45, 2.75) is 0 Å². The van der Waals surface area contributed by atoms with Gasteiger partial charge in [0.1, 0.15) is 0 Å². The van der Waals surface area contributed by atoms with Crippen LogP contribution in [0.25, 0.3) is 11.8 Å². The minimum atomic E-state index is 0.655. The van der Waals surface area contributed by atoms with Gasteiger partial charge in [0.15, 0.2) is 0 Å². The summed E-state index contributed by atoms with van der Waals surface area (Å²) in [6.45, 7) is 0. The van der Waals surface area contributed by atoms with Crippen LogP contribution in [0.4, 0.5) is 0 Å². The van der Waals surface area contributed by atoms with E-state index in [0.717, 1.165) is 16.8 Å². The first-order chi connectivity index (χ1) is 8.79. The summed E-state index contributed by atoms with van der Waals surface area (Å²) in [5.41, 5.74) is 2.57. The zero-order valence-electron chi connectivity index (χ0n) is 9.51. The van der Waals surface area contributed by atoms with E-state index in [1.807, 2.05) is 30.3 Å². The Hall–Kier alpha value is -2.13. The molecule has 1 aromatic heterocycles. The Balaban J connectivity index is 2.35. The van der Waals surface area contributed by atoms with E-state index >= 15 is 0 Å². The van der Waals surface area contributed by atoms with E-state index in [1.54, 1.807) is 24.5 Å². The lowest BCUT2D eigenvalue weighted by Gasteiger charge is -2.06. The normalized spacial score (nSPS) is 11.1. The molecule has 4 heteroatoms. The zero-order valence-corrected chi connectivity index (χ0v) is 10.3. The Bertz CT molecular complexity index is 550. The maximum atomic E-state index is 10.6. The lowest BCUT2D eigenvalue weighted by molar-refractivity contribution is -0.108. The van der Waals surface area contributed by atoms with Crippen LogP contribution in [0.15, 0.2) is 48.8 Å². The van der Waals surface area contributed by atoms with Crippen molar-refractivity contribution in [3.05, 3.63) is 64.9 Å². The van der Waals surface area contributed by atoms with Gasteiger partial charge >= 0.3 is 0 Å². The van der Waals surface area contributed by atoms with Crippen LogP contribution in [0.2, 0.25) is 5.02 Å². The lowest BCUT2D eigenvalue weighted by atomic mass is 10.1. The van der Waals surface area contributed by atoms with Gasteiger partial charge in [0.05, 0.1) is 0 Å². The van der Waals surface area contributed by atoms with Gasteiger partial charge in [-0.15, -0.1) is 0 Å². The van der Waals surface area contributed by atoms with Gasteiger partial charge in [-0.2, -0.15) is 0 Å². The summed E-state index contributed by atoms with van der Waals surface area (Å²) in [5, 5.41) is 3.36. The van der Waals surface area contributed by atoms with E-state index in [1.165, 1.54) is 0 Å². The number of benzene rings is 1. The van der Waals surface area contributed by atoms with Crippen LogP contribution >= 0.6 is 11.6 Å². The molecule has 0 fully saturated rings. The molecule has 18 heavy (non-hydrogen) atoms. The molecule has 0 saturated carbocycles. The Kier molecular flexibility index (Phi) is 4.10. The first kappa shape index (κ1) is 12.3. The predicted molar refractivity (Wildman–Crippen MR) is 72.8 cm³/mol. The predicted octanol–water partition coefficient (Wildman–Crippen LogP) is 2.98. The van der Waals surface area contributed by atoms with Crippen molar-refractivity contribution in [3.63, 3.8) is 0 Å². The Labute approximate surface area is 110 Å². The topological polar surface area (TPSA) is 42.0 Å². The number of rotatable bonds is 4. The summed E-state index contributed by atoms with van der Waals surface area (Å²) >= 11 is 5.83. The molecule has 0 aliphatic rings. The molecular formula is C14H11ClN2O. The largest absolute Gasteiger partial charge is 0.328 e. The van der Waals surface area contributed by atoms with Gasteiger partial charge in [0.2, 0.25) is 6.41 Å². The molecule has 0 aliphatic carbocycles. The van der Waals surface area contributed by atoms with Gasteiger partial charge in [-0.3, -0.25) is 9.78 Å². The second kappa shape index (κ2) is 5.98. The number of carbonyl (C=O) groups is 1. The minimum Gasteiger partial charge on any atom is -0.328 e. The van der Waals surface area contributed by atoms with Crippen LogP contribution in [0.3, 0.4) is 0 Å². The van der Waals surface area contributed by atoms with E-state index in [4.69, 9.17) is 11.6 Å². The highest BCUT2D eigenvalue weighted by Gasteiger charge is 2.00. The van der Waals surface area contributed by atoms with Gasteiger partial charge in [0, 0.05) is 28.7 Å². The molecule has 1 amide bonds. The maximum Gasteiger partial charge on any atom is 0.211 e. The third kappa shape index (κ3) is 3.18. The maximum absolute atomic E-state index is 10.6. The quantitative estimate of drug-likeness (QED) is 0.857. The fourth-order valence-electron chi connectivity index (χ4n) is 1.53. The summed E-state index contributed by atoms with van der Waals surface area (Å²) < 4.78 is 0. The monoisotopic (exact) mass is 258 g/mol. The molecule has 0 radical (unpaired) electrons. The molecule has 1 aromatic carbocycles. The van der Waals surface area contributed by atoms with E-state index < -0.39 is 0 Å². The molecular weight excluding hydrogens is 248 g/mol. The fourth-order valence-corrected chi connectivity index (χ4v) is 1.65. The van der Waals surface area contributed by atoms with Crippen LogP contribution < -0.4 is 5.32 Å². The molecule has 0 atom stereocenters. The van der Waals surface area contributed by atoms with E-state index in [0.29, 0.717) is 11.4 Å². The van der Waals surface area contributed by atoms with Gasteiger partial charge in [0.25, 0.3) is 0 Å². The lowest BCUT2D eigenvalue weighted by Crippen LogP contribution is -2.08. The van der Waals surface area contributed by atoms with Gasteiger partial charge in [-0.1, -0.05) is 23.7 Å². The van der Waals surface area contributed by atoms with Crippen LogP contribution in [-0.4, -0.2) is 11.4 Å². The third-order valence-electron chi connectivity index (χ3n) is 2.39. The number of hydrogen-bond donors (Lipinski definition) is 1. The Morgan fingerprint density at radius 3 is 2.39 bits per heavy atom. The zero-order chi connectivity index (χ0) is 12.8. The molecule has 90 valence electrons. The number of nitrogens with zero attached hydrogens (tertiary/aromatic N) is 1. The number of amides is 1. The molecule has 0 spiro atoms. The molecule has 0 unspecified atom stereocenters. The second-order valence-corrected chi connectivity index (χ2v) is 4.04. The summed E-state index contributed by atoms with van der Waals surface area (Å²) in [7, 11) is 0. The first-order valence-corrected chi connectivity index (χ1v) is 5.75. The third-order valence-corrected chi connectivity index (χ3v) is 2.64. The highest BCUT2D eigenvalue weighted by molar-refractivity contribution is 6.30. The van der Waals surface area contributed by atoms with E-state index in [9.17, 15) is 4.79 Å². The van der Waals surface area contributed by atoms with Crippen molar-refractivity contribution in [1.82, 2.24) is 10.3 Å². The fraction of sp³-hybridized carbons (Fsp3) is 0. The van der Waals surface area contributed by atoms with Crippen molar-refractivity contribution in [1.29, 1.82) is 0 Å². The van der Waals surface area contributed by atoms with Crippen molar-refractivity contribution in [2.24, 2.45) is 0 Å². The molecule has 0 aliphatic heterocycles. The minimum absolute atomic E-state index is 0.655. The molecule has 0 saturated heterocycles. The van der Waals surface area contributed by atoms with E-state index in [2.05, 4.69) is 10.3 Å². The van der Waals surface area contributed by atoms with Crippen LogP contribution in [0.5, 0.6) is 0 Å². The average molecular weight is 259 g/mol. The number of halogens is 1. The molecule has 3 nitrogen and oxygen atoms in total. The van der Waals surface area contributed by atoms with Crippen molar-refractivity contribution in [2.75, 3.05) is 0 Å². The van der Waals surface area contributed by atoms with Crippen molar-refractivity contribution < 1.29 is 4.79 Å². The molecule has 0 bridgehead atoms. The second-order valence-electron chi connectivity index (χ2n) is 3.61. The number of aromatic nitrogens is 1. The number of nitrogens with one attached hydrogen (secondary N) is 1. The molecule has 1 heterocycles. The summed E-state index contributed by atoms with van der Waals surface area (Å²) in [4.78, 5) is 14.6. The van der Waals surface area contributed by atoms with Crippen LogP contribution in [0.1, 0.15) is 11.1 Å². The summed E-state index contributed by atoms with van der Waals surface area (Å²) in [5.74, 6) is 0. The number of pyridine rings is 1. The number of carbonyl (C=O) groups excluding carboxylic acids is 1. The molecule has 2 rings (SSSR count). The van der Waals surface area contributed by atoms with Crippen LogP contribution in [0, 0.1) is 0 Å². The summed E-state index contributed by atoms with van der Waals surface area (Å²) in [6.07, 6.45) is 5.89. The first-order valence-electron chi connectivity index (χ1n) is 5.37. The highest BCUT2D eigenvalue weighted by atomic mass is 35.5. The van der Waals surface area contributed by atoms with Crippen molar-refractivity contribution >= 4 is 29.8 Å². The average Bonchev–Trinajstić information content (AvgIpc) is 2.42. The van der Waals surface area contributed by atoms with E-state index in [-0.39, 0.29) is 0 Å². The summed E-state index contributed by atoms with van der Waals surface area (Å²) in [6, 6.07) is 11.0. The Morgan fingerprint density at radius 1 is 1.11 bits per heavy atom. The highest BCUT2D eigenvalue weighted by Crippen LogP contribution is 2.16. The number of hydrogen-bond acceptors (Lipinski definition) is 2. The van der Waals surface area contributed by atoms with Gasteiger partial charge in [-0.25, -0.2) is 0 Å². The standard InChI is InChI=1S/C14H11ClN2O/c15-13-3-1-11(2-4-13)9-14(17-10-18)12-5-7-16-8-6-12/h1-10H,(H,17,18). The van der Waals surface area contributed by atoms with Gasteiger partial charge < -0.3 is 5.32 Å². The van der Waals surface area contributed by atoms with Crippen LogP contribution in [-0.2, 0) is 4.79 Å². The smallest absolute Gasteiger partial charge is 0.211 e. The van der Waals surface area contributed by atoms with Crippen molar-refractivity contribution in [3.8, 4) is 0 Å². The molecule has 2 aromatic rings. The SMILES string of the molecule is O=CNC(=Cc1ccc(Cl)cc1)c1ccncc1.